The Morgan fingerprint density at radius 1 is 0.515 bits per heavy atom. The molecular weight excluding hydrogens is 821 g/mol. The Morgan fingerprint density at radius 3 is 1.29 bits per heavy atom. The number of aromatic amines is 4. The lowest BCUT2D eigenvalue weighted by Gasteiger charge is -2.11. The summed E-state index contributed by atoms with van der Waals surface area (Å²) in [4.78, 5) is 54.8. The minimum Gasteiger partial charge on any atom is -0.462 e. The highest BCUT2D eigenvalue weighted by molar-refractivity contribution is 6.27. The predicted octanol–water partition coefficient (Wildman–Crippen LogP) is 13.2. The number of hydrogen-bond acceptors (Lipinski definition) is 6. The zero-order valence-electron chi connectivity index (χ0n) is 37.6. The van der Waals surface area contributed by atoms with Crippen LogP contribution >= 0.6 is 0 Å². The SMILES string of the molecule is CCOC(=O)c1c2[nH]c(c1-c1ccccc1)C1=NC(=Cc3[nH]c4c5[nH]c(c(C(C)C)c5c5ccccc5c4c3C(C)C)C=C3C=CC(=N3)c3[nH]c-2c(C(=O)OCC)c3-c2ccccc2)C=C1. The third kappa shape index (κ3) is 6.38. The van der Waals surface area contributed by atoms with Crippen molar-refractivity contribution in [1.82, 2.24) is 19.9 Å². The van der Waals surface area contributed by atoms with Crippen LogP contribution < -0.4 is 0 Å². The summed E-state index contributed by atoms with van der Waals surface area (Å²) in [5.41, 5.74) is 14.3. The van der Waals surface area contributed by atoms with Crippen LogP contribution in [0, 0.1) is 0 Å². The van der Waals surface area contributed by atoms with Crippen molar-refractivity contribution in [1.29, 1.82) is 0 Å². The molecule has 8 aromatic rings. The maximum absolute atomic E-state index is 14.6. The van der Waals surface area contributed by atoms with E-state index in [1.54, 1.807) is 13.8 Å². The fourth-order valence-electron chi connectivity index (χ4n) is 10.2. The van der Waals surface area contributed by atoms with Gasteiger partial charge in [0.1, 0.15) is 0 Å². The number of nitrogens with one attached hydrogen (secondary N) is 4. The third-order valence-electron chi connectivity index (χ3n) is 12.8. The van der Waals surface area contributed by atoms with Crippen molar-refractivity contribution in [2.45, 2.75) is 53.4 Å². The van der Waals surface area contributed by atoms with Gasteiger partial charge in [-0.25, -0.2) is 19.6 Å². The topological polar surface area (TPSA) is 140 Å². The molecule has 0 atom stereocenters. The molecule has 4 aromatic heterocycles. The fourth-order valence-corrected chi connectivity index (χ4v) is 10.2. The van der Waals surface area contributed by atoms with Gasteiger partial charge in [-0.15, -0.1) is 0 Å². The highest BCUT2D eigenvalue weighted by atomic mass is 16.5. The van der Waals surface area contributed by atoms with Crippen LogP contribution in [-0.2, 0) is 9.47 Å². The van der Waals surface area contributed by atoms with Crippen LogP contribution in [0.1, 0.15) is 108 Å². The number of rotatable bonds is 8. The van der Waals surface area contributed by atoms with Crippen LogP contribution in [-0.4, -0.2) is 56.5 Å². The zero-order chi connectivity index (χ0) is 45.4. The van der Waals surface area contributed by atoms with Gasteiger partial charge < -0.3 is 29.4 Å². The van der Waals surface area contributed by atoms with E-state index in [-0.39, 0.29) is 36.2 Å². The second-order valence-electron chi connectivity index (χ2n) is 17.5. The molecule has 0 saturated carbocycles. The number of aromatic nitrogens is 4. The number of nitrogens with zero attached hydrogens (tertiary/aromatic N) is 2. The number of H-pyrrole nitrogens is 4. The first-order chi connectivity index (χ1) is 32.1. The molecule has 10 heteroatoms. The van der Waals surface area contributed by atoms with Gasteiger partial charge in [0.2, 0.25) is 0 Å². The van der Waals surface area contributed by atoms with Crippen molar-refractivity contribution in [2.75, 3.05) is 13.2 Å². The van der Waals surface area contributed by atoms with E-state index in [1.807, 2.05) is 85.0 Å². The maximum atomic E-state index is 14.6. The molecule has 0 fully saturated rings. The van der Waals surface area contributed by atoms with Gasteiger partial charge in [-0.2, -0.15) is 0 Å². The van der Waals surface area contributed by atoms with E-state index in [1.165, 1.54) is 32.7 Å². The molecule has 10 nitrogen and oxygen atoms in total. The van der Waals surface area contributed by atoms with Gasteiger partial charge in [0.05, 0.1) is 81.0 Å². The summed E-state index contributed by atoms with van der Waals surface area (Å²) in [6, 6.07) is 28.2. The lowest BCUT2D eigenvalue weighted by atomic mass is 9.90. The van der Waals surface area contributed by atoms with E-state index in [9.17, 15) is 9.59 Å². The van der Waals surface area contributed by atoms with Gasteiger partial charge in [-0.3, -0.25) is 0 Å². The summed E-state index contributed by atoms with van der Waals surface area (Å²) in [7, 11) is 0. The van der Waals surface area contributed by atoms with Crippen LogP contribution in [0.5, 0.6) is 0 Å². The first-order valence-electron chi connectivity index (χ1n) is 22.7. The quantitative estimate of drug-likeness (QED) is 0.113. The minimum absolute atomic E-state index is 0.137. The predicted molar refractivity (Wildman–Crippen MR) is 267 cm³/mol. The number of allylic oxidation sites excluding steroid dienone is 4. The molecule has 12 bridgehead atoms. The number of aliphatic imine (C=N–C) groups is 2. The largest absolute Gasteiger partial charge is 0.462 e. The van der Waals surface area contributed by atoms with Crippen molar-refractivity contribution in [3.8, 4) is 33.6 Å². The Kier molecular flexibility index (Phi) is 9.83. The number of benzene rings is 4. The lowest BCUT2D eigenvalue weighted by molar-refractivity contribution is 0.0516. The Bertz CT molecular complexity index is 3290. The average molecular weight is 869 g/mol. The van der Waals surface area contributed by atoms with E-state index in [4.69, 9.17) is 19.5 Å². The van der Waals surface area contributed by atoms with Gasteiger partial charge in [0.15, 0.2) is 0 Å². The monoisotopic (exact) mass is 868 g/mol. The first-order valence-corrected chi connectivity index (χ1v) is 22.7. The highest BCUT2D eigenvalue weighted by Crippen LogP contribution is 2.46. The summed E-state index contributed by atoms with van der Waals surface area (Å²) in [5, 5.41) is 4.73. The Hall–Kier alpha value is -7.98. The molecular formula is C56H48N6O4. The molecule has 4 N–H and O–H groups in total. The van der Waals surface area contributed by atoms with Gasteiger partial charge in [0.25, 0.3) is 0 Å². The van der Waals surface area contributed by atoms with Crippen molar-refractivity contribution >= 4 is 68.1 Å². The van der Waals surface area contributed by atoms with Crippen molar-refractivity contribution in [2.24, 2.45) is 9.98 Å². The summed E-state index contributed by atoms with van der Waals surface area (Å²) < 4.78 is 11.7. The van der Waals surface area contributed by atoms with E-state index in [0.29, 0.717) is 45.3 Å². The molecule has 0 unspecified atom stereocenters. The number of esters is 2. The molecule has 0 aliphatic carbocycles. The molecule has 326 valence electrons. The van der Waals surface area contributed by atoms with Crippen molar-refractivity contribution in [3.63, 3.8) is 0 Å². The van der Waals surface area contributed by atoms with Crippen LogP contribution in [0.25, 0.3) is 78.4 Å². The molecule has 11 rings (SSSR count). The van der Waals surface area contributed by atoms with E-state index >= 15 is 0 Å². The second-order valence-corrected chi connectivity index (χ2v) is 17.5. The van der Waals surface area contributed by atoms with E-state index in [2.05, 4.69) is 84.0 Å². The molecule has 7 heterocycles. The summed E-state index contributed by atoms with van der Waals surface area (Å²) in [5.74, 6) is -0.764. The van der Waals surface area contributed by atoms with E-state index in [0.717, 1.165) is 44.9 Å². The van der Waals surface area contributed by atoms with Crippen LogP contribution in [0.2, 0.25) is 0 Å². The standard InChI is InChI=1S/C56H48N6O4/c1-7-65-55(63)47-43(31-17-11-9-12-18-31)49-37-25-23-33(57-37)27-39-41(29(3)4)45-35-21-15-16-22-36(35)46-42(30(5)6)40(60-52(46)51(45)59-39)28-34-24-26-38(58-34)50-44(32-19-13-10-14-20-32)48(56(64)66-8-2)54(62-50)53(47)61-49/h9-30,59-62H,7-8H2,1-6H3. The minimum atomic E-state index is -0.551. The summed E-state index contributed by atoms with van der Waals surface area (Å²) in [6.45, 7) is 12.8. The van der Waals surface area contributed by atoms with Crippen LogP contribution in [0.3, 0.4) is 0 Å². The average Bonchev–Trinajstić information content (AvgIpc) is 4.18. The number of carbonyl (C=O) groups excluding carboxylic acids is 2. The maximum Gasteiger partial charge on any atom is 0.341 e. The Morgan fingerprint density at radius 2 is 0.909 bits per heavy atom. The van der Waals surface area contributed by atoms with Crippen LogP contribution in [0.4, 0.5) is 0 Å². The number of hydrogen-bond donors (Lipinski definition) is 4. The molecule has 3 aliphatic heterocycles. The fraction of sp³-hybridized carbons (Fsp3) is 0.179. The highest BCUT2D eigenvalue weighted by Gasteiger charge is 2.36. The van der Waals surface area contributed by atoms with Gasteiger partial charge in [-0.05, 0) is 95.2 Å². The first kappa shape index (κ1) is 40.8. The number of fused-ring (bicyclic) bond motifs is 14. The second kappa shape index (κ2) is 15.9. The van der Waals surface area contributed by atoms with Gasteiger partial charge >= 0.3 is 11.9 Å². The van der Waals surface area contributed by atoms with Crippen molar-refractivity contribution in [3.05, 3.63) is 166 Å². The normalized spacial score (nSPS) is 14.1. The lowest BCUT2D eigenvalue weighted by Crippen LogP contribution is -2.10. The molecule has 0 spiro atoms. The molecule has 3 aliphatic rings. The van der Waals surface area contributed by atoms with Crippen molar-refractivity contribution < 1.29 is 19.1 Å². The smallest absolute Gasteiger partial charge is 0.341 e. The van der Waals surface area contributed by atoms with Gasteiger partial charge in [-0.1, -0.05) is 113 Å². The Balaban J connectivity index is 1.30. The molecule has 0 amide bonds. The zero-order valence-corrected chi connectivity index (χ0v) is 37.6. The van der Waals surface area contributed by atoms with Gasteiger partial charge in [0, 0.05) is 33.3 Å². The Labute approximate surface area is 381 Å². The molecule has 66 heavy (non-hydrogen) atoms. The summed E-state index contributed by atoms with van der Waals surface area (Å²) in [6.07, 6.45) is 12.2. The molecule has 4 aromatic carbocycles. The van der Waals surface area contributed by atoms with E-state index < -0.39 is 11.9 Å². The third-order valence-corrected chi connectivity index (χ3v) is 12.8. The summed E-state index contributed by atoms with van der Waals surface area (Å²) >= 11 is 0. The molecule has 0 saturated heterocycles. The van der Waals surface area contributed by atoms with Crippen LogP contribution in [0.15, 0.2) is 131 Å². The number of carbonyl (C=O) groups is 2. The number of ether oxygens (including phenoxy) is 2. The molecule has 0 radical (unpaired) electrons.